The SMILES string of the molecule is [2H]C[C@H]1O[C@H]([3H])C[C@@H]1OP(=O)(OCC[N+]#[C-])S[C@H](CCC)[C@H]1O[C@H]([3H])C[C@@H]1C. The van der Waals surface area contributed by atoms with Crippen LogP contribution in [0.4, 0.5) is 0 Å². The van der Waals surface area contributed by atoms with Crippen LogP contribution in [0.2, 0.25) is 0 Å². The third kappa shape index (κ3) is 6.23. The molecule has 25 heavy (non-hydrogen) atoms. The zero-order valence-corrected chi connectivity index (χ0v) is 16.5. The van der Waals surface area contributed by atoms with Crippen LogP contribution in [0.25, 0.3) is 4.85 Å². The Labute approximate surface area is 159 Å². The van der Waals surface area contributed by atoms with Gasteiger partial charge in [0.05, 0.1) is 21.1 Å². The molecule has 8 atom stereocenters. The normalized spacial score (nSPS) is 40.6. The second-order valence-electron chi connectivity index (χ2n) is 6.30. The molecule has 0 N–H and O–H groups in total. The molecule has 2 aliphatic rings. The fourth-order valence-corrected chi connectivity index (χ4v) is 7.56. The van der Waals surface area contributed by atoms with E-state index in [9.17, 15) is 4.57 Å². The van der Waals surface area contributed by atoms with Gasteiger partial charge in [0.15, 0.2) is 0 Å². The molecule has 0 amide bonds. The predicted octanol–water partition coefficient (Wildman–Crippen LogP) is 4.55. The summed E-state index contributed by atoms with van der Waals surface area (Å²) in [5.41, 5.74) is 0. The molecule has 2 saturated heterocycles. The lowest BCUT2D eigenvalue weighted by Gasteiger charge is -2.29. The molecule has 0 spiro atoms. The van der Waals surface area contributed by atoms with Crippen molar-refractivity contribution < 1.29 is 27.2 Å². The van der Waals surface area contributed by atoms with Crippen LogP contribution in [-0.2, 0) is 23.1 Å². The van der Waals surface area contributed by atoms with Crippen molar-refractivity contribution in [2.75, 3.05) is 26.3 Å². The van der Waals surface area contributed by atoms with E-state index in [1.165, 1.54) is 0 Å². The third-order valence-corrected chi connectivity index (χ3v) is 8.44. The van der Waals surface area contributed by atoms with E-state index in [0.29, 0.717) is 6.42 Å². The van der Waals surface area contributed by atoms with Crippen LogP contribution in [0.3, 0.4) is 0 Å². The quantitative estimate of drug-likeness (QED) is 0.307. The maximum atomic E-state index is 13.6. The summed E-state index contributed by atoms with van der Waals surface area (Å²) in [5, 5.41) is -0.169. The second-order valence-corrected chi connectivity index (χ2v) is 10.4. The molecule has 2 fully saturated rings. The maximum Gasteiger partial charge on any atom is 0.390 e. The lowest BCUT2D eigenvalue weighted by Crippen LogP contribution is -2.28. The Kier molecular flexibility index (Phi) is 7.02. The fourth-order valence-electron chi connectivity index (χ4n) is 2.84. The van der Waals surface area contributed by atoms with Crippen molar-refractivity contribution in [3.05, 3.63) is 11.4 Å². The standard InChI is InChI=1S/C17H30NO5PS/c1-5-6-16(17-13(2)7-10-21-17)25-24(19,22-12-9-18-4)23-15-8-11-20-14(15)3/h13-17H,5-12H2,1-3H3/t13-,14+,15-,16+,17-,24?/m0/s1/i3D,10T,11T/t10-,11-,13+,14-,15+,16-,17+,24?/m1. The predicted molar refractivity (Wildman–Crippen MR) is 99.7 cm³/mol. The molecule has 0 saturated carbocycles. The van der Waals surface area contributed by atoms with Gasteiger partial charge in [0.2, 0.25) is 6.54 Å². The lowest BCUT2D eigenvalue weighted by molar-refractivity contribution is 0.0603. The van der Waals surface area contributed by atoms with Crippen LogP contribution in [0.15, 0.2) is 0 Å². The van der Waals surface area contributed by atoms with Crippen molar-refractivity contribution in [1.82, 2.24) is 0 Å². The summed E-state index contributed by atoms with van der Waals surface area (Å²) in [6.07, 6.45) is 0.951. The molecule has 0 radical (unpaired) electrons. The van der Waals surface area contributed by atoms with E-state index in [0.717, 1.165) is 24.2 Å². The van der Waals surface area contributed by atoms with E-state index < -0.39 is 32.2 Å². The first-order valence-electron chi connectivity index (χ1n) is 10.6. The van der Waals surface area contributed by atoms with Crippen LogP contribution >= 0.6 is 18.2 Å². The minimum Gasteiger partial charge on any atom is -0.377 e. The van der Waals surface area contributed by atoms with Gasteiger partial charge in [0, 0.05) is 26.2 Å². The first kappa shape index (κ1) is 17.0. The van der Waals surface area contributed by atoms with E-state index in [1.54, 1.807) is 0 Å². The van der Waals surface area contributed by atoms with Crippen molar-refractivity contribution in [3.8, 4) is 0 Å². The van der Waals surface area contributed by atoms with Gasteiger partial charge in [0.25, 0.3) is 0 Å². The summed E-state index contributed by atoms with van der Waals surface area (Å²) < 4.78 is 59.3. The van der Waals surface area contributed by atoms with Gasteiger partial charge in [-0.1, -0.05) is 20.3 Å². The van der Waals surface area contributed by atoms with Crippen molar-refractivity contribution >= 4 is 18.2 Å². The summed E-state index contributed by atoms with van der Waals surface area (Å²) in [6, 6.07) is 0. The highest BCUT2D eigenvalue weighted by atomic mass is 32.7. The monoisotopic (exact) mass is 396 g/mol. The molecule has 1 unspecified atom stereocenters. The Morgan fingerprint density at radius 2 is 2.32 bits per heavy atom. The average Bonchev–Trinajstić information content (AvgIpc) is 3.15. The van der Waals surface area contributed by atoms with E-state index in [4.69, 9.17) is 29.2 Å². The maximum absolute atomic E-state index is 13.6. The van der Waals surface area contributed by atoms with Crippen LogP contribution < -0.4 is 0 Å². The number of rotatable bonds is 10. The van der Waals surface area contributed by atoms with Gasteiger partial charge in [-0.3, -0.25) is 9.05 Å². The minimum atomic E-state index is -3.67. The molecule has 0 aromatic carbocycles. The largest absolute Gasteiger partial charge is 0.390 e. The van der Waals surface area contributed by atoms with Gasteiger partial charge in [-0.15, -0.1) is 0 Å². The summed E-state index contributed by atoms with van der Waals surface area (Å²) >= 11 is 1.09. The Balaban J connectivity index is 2.15. The summed E-state index contributed by atoms with van der Waals surface area (Å²) in [6.45, 7) is 5.87. The first-order chi connectivity index (χ1) is 13.3. The number of hydrogen-bond acceptors (Lipinski definition) is 6. The third-order valence-electron chi connectivity index (χ3n) is 4.22. The topological polar surface area (TPSA) is 58.4 Å². The molecule has 0 aliphatic carbocycles. The van der Waals surface area contributed by atoms with Crippen molar-refractivity contribution in [2.24, 2.45) is 5.92 Å². The summed E-state index contributed by atoms with van der Waals surface area (Å²) in [5.74, 6) is 0.164. The van der Waals surface area contributed by atoms with Crippen molar-refractivity contribution in [1.29, 1.82) is 0 Å². The highest BCUT2D eigenvalue weighted by Crippen LogP contribution is 2.65. The number of nitrogens with zero attached hydrogens (tertiary/aromatic N) is 1. The lowest BCUT2D eigenvalue weighted by atomic mass is 9.99. The Hall–Kier alpha value is -0.0900. The van der Waals surface area contributed by atoms with Gasteiger partial charge in [-0.05, 0) is 37.0 Å². The van der Waals surface area contributed by atoms with E-state index >= 15 is 0 Å². The van der Waals surface area contributed by atoms with Gasteiger partial charge in [0.1, 0.15) is 6.61 Å². The Bertz CT molecular complexity index is 583. The van der Waals surface area contributed by atoms with Gasteiger partial charge in [-0.25, -0.2) is 11.1 Å². The second kappa shape index (κ2) is 10.3. The molecule has 144 valence electrons. The summed E-state index contributed by atoms with van der Waals surface area (Å²) in [7, 11) is 0. The molecule has 8 heteroatoms. The molecule has 6 nitrogen and oxygen atoms in total. The van der Waals surface area contributed by atoms with Crippen LogP contribution in [0.1, 0.15) is 50.5 Å². The molecular weight excluding hydrogens is 361 g/mol. The van der Waals surface area contributed by atoms with E-state index in [2.05, 4.69) is 4.85 Å². The van der Waals surface area contributed by atoms with Crippen LogP contribution in [0, 0.1) is 12.5 Å². The minimum absolute atomic E-state index is 0.0157. The Morgan fingerprint density at radius 3 is 2.96 bits per heavy atom. The van der Waals surface area contributed by atoms with Crippen LogP contribution in [-0.4, -0.2) is 49.9 Å². The molecule has 0 aromatic heterocycles. The van der Waals surface area contributed by atoms with E-state index in [-0.39, 0.29) is 43.7 Å². The highest BCUT2D eigenvalue weighted by molar-refractivity contribution is 8.55. The summed E-state index contributed by atoms with van der Waals surface area (Å²) in [4.78, 5) is 3.23. The molecule has 2 aliphatic heterocycles. The van der Waals surface area contributed by atoms with Crippen LogP contribution in [0.5, 0.6) is 0 Å². The number of hydrogen-bond donors (Lipinski definition) is 0. The highest BCUT2D eigenvalue weighted by Gasteiger charge is 2.42. The van der Waals surface area contributed by atoms with E-state index in [1.807, 2.05) is 13.8 Å². The molecule has 2 heterocycles. The van der Waals surface area contributed by atoms with Gasteiger partial charge in [-0.2, -0.15) is 0 Å². The van der Waals surface area contributed by atoms with Crippen molar-refractivity contribution in [3.63, 3.8) is 0 Å². The first-order valence-corrected chi connectivity index (χ1v) is 11.7. The molecule has 0 bridgehead atoms. The fraction of sp³-hybridized carbons (Fsp3) is 0.941. The van der Waals surface area contributed by atoms with Crippen molar-refractivity contribution in [2.45, 2.75) is 70.0 Å². The molecular formula is C17H30NO5PS. The number of ether oxygens (including phenoxy) is 2. The molecule has 2 rings (SSSR count). The van der Waals surface area contributed by atoms with Gasteiger partial charge >= 0.3 is 6.80 Å². The zero-order valence-electron chi connectivity index (χ0n) is 17.8. The smallest absolute Gasteiger partial charge is 0.377 e. The average molecular weight is 396 g/mol. The Morgan fingerprint density at radius 1 is 1.52 bits per heavy atom. The molecule has 0 aromatic rings. The van der Waals surface area contributed by atoms with Gasteiger partial charge < -0.3 is 14.3 Å². The zero-order chi connectivity index (χ0) is 20.7.